The third-order valence-electron chi connectivity index (χ3n) is 3.08. The van der Waals surface area contributed by atoms with E-state index in [4.69, 9.17) is 0 Å². The molecular weight excluding hydrogens is 248 g/mol. The van der Waals surface area contributed by atoms with E-state index in [-0.39, 0.29) is 4.90 Å². The lowest BCUT2D eigenvalue weighted by molar-refractivity contribution is 0.494. The van der Waals surface area contributed by atoms with Crippen LogP contribution < -0.4 is 5.32 Å². The molecule has 1 aromatic rings. The summed E-state index contributed by atoms with van der Waals surface area (Å²) in [5, 5.41) is 2.27. The second-order valence-corrected chi connectivity index (χ2v) is 6.36. The van der Waals surface area contributed by atoms with Crippen LogP contribution in [-0.4, -0.2) is 20.2 Å². The maximum atomic E-state index is 13.2. The lowest BCUT2D eigenvalue weighted by atomic mass is 10.0. The average Bonchev–Trinajstić information content (AvgIpc) is 2.43. The Hall–Kier alpha value is -1.01. The van der Waals surface area contributed by atoms with Crippen LogP contribution in [0.5, 0.6) is 0 Å². The zero-order valence-corrected chi connectivity index (χ0v) is 10.3. The third-order valence-corrected chi connectivity index (χ3v) is 5.29. The molecule has 0 amide bonds. The van der Waals surface area contributed by atoms with Gasteiger partial charge in [-0.05, 0) is 31.2 Å². The fourth-order valence-electron chi connectivity index (χ4n) is 2.16. The maximum absolute atomic E-state index is 13.2. The number of nitrogens with one attached hydrogen (secondary N) is 1. The van der Waals surface area contributed by atoms with Crippen LogP contribution in [0.4, 0.5) is 8.78 Å². The van der Waals surface area contributed by atoms with Crippen LogP contribution in [0.2, 0.25) is 0 Å². The van der Waals surface area contributed by atoms with Gasteiger partial charge in [0.05, 0.1) is 16.2 Å². The van der Waals surface area contributed by atoms with Gasteiger partial charge in [0.15, 0.2) is 21.5 Å². The molecule has 17 heavy (non-hydrogen) atoms. The minimum absolute atomic E-state index is 0.102. The van der Waals surface area contributed by atoms with Gasteiger partial charge in [-0.25, -0.2) is 17.2 Å². The van der Waals surface area contributed by atoms with Gasteiger partial charge in [-0.1, -0.05) is 6.92 Å². The predicted octanol–water partition coefficient (Wildman–Crippen LogP) is 1.79. The predicted molar refractivity (Wildman–Crippen MR) is 59.4 cm³/mol. The van der Waals surface area contributed by atoms with E-state index < -0.39 is 32.8 Å². The fourth-order valence-corrected chi connectivity index (χ4v) is 3.95. The van der Waals surface area contributed by atoms with E-state index >= 15 is 0 Å². The second kappa shape index (κ2) is 4.03. The van der Waals surface area contributed by atoms with Gasteiger partial charge in [-0.3, -0.25) is 0 Å². The number of hydrogen-bond acceptors (Lipinski definition) is 3. The lowest BCUT2D eigenvalue weighted by Gasteiger charge is -2.15. The van der Waals surface area contributed by atoms with Crippen molar-refractivity contribution in [2.24, 2.45) is 0 Å². The van der Waals surface area contributed by atoms with Gasteiger partial charge in [0.25, 0.3) is 0 Å². The maximum Gasteiger partial charge on any atom is 0.183 e. The van der Waals surface area contributed by atoms with Gasteiger partial charge in [0, 0.05) is 0 Å². The Morgan fingerprint density at radius 1 is 1.29 bits per heavy atom. The van der Waals surface area contributed by atoms with Crippen molar-refractivity contribution in [3.8, 4) is 0 Å². The summed E-state index contributed by atoms with van der Waals surface area (Å²) in [6, 6.07) is 1.27. The average molecular weight is 261 g/mol. The molecule has 0 radical (unpaired) electrons. The fraction of sp³-hybridized carbons (Fsp3) is 0.455. The van der Waals surface area contributed by atoms with Crippen LogP contribution in [-0.2, 0) is 9.84 Å². The summed E-state index contributed by atoms with van der Waals surface area (Å²) in [6.07, 6.45) is 0. The molecule has 3 nitrogen and oxygen atoms in total. The van der Waals surface area contributed by atoms with Gasteiger partial charge in [0.1, 0.15) is 0 Å². The van der Waals surface area contributed by atoms with E-state index in [1.807, 2.05) is 6.92 Å². The second-order valence-electron chi connectivity index (χ2n) is 4.09. The van der Waals surface area contributed by atoms with E-state index in [1.165, 1.54) is 0 Å². The van der Waals surface area contributed by atoms with Gasteiger partial charge >= 0.3 is 0 Å². The largest absolute Gasteiger partial charge is 0.309 e. The molecule has 1 aliphatic rings. The van der Waals surface area contributed by atoms with Crippen molar-refractivity contribution >= 4 is 9.84 Å². The summed E-state index contributed by atoms with van der Waals surface area (Å²) < 4.78 is 50.3. The summed E-state index contributed by atoms with van der Waals surface area (Å²) in [4.78, 5) is -0.102. The van der Waals surface area contributed by atoms with Gasteiger partial charge in [-0.2, -0.15) is 0 Å². The van der Waals surface area contributed by atoms with Crippen LogP contribution in [0.25, 0.3) is 0 Å². The molecule has 0 fully saturated rings. The van der Waals surface area contributed by atoms with Gasteiger partial charge in [-0.15, -0.1) is 0 Å². The Morgan fingerprint density at radius 2 is 1.88 bits per heavy atom. The summed E-state index contributed by atoms with van der Waals surface area (Å²) in [5.41, 5.74) is 0.318. The zero-order chi connectivity index (χ0) is 12.8. The van der Waals surface area contributed by atoms with Crippen LogP contribution >= 0.6 is 0 Å². The molecule has 2 atom stereocenters. The molecule has 6 heteroatoms. The van der Waals surface area contributed by atoms with Crippen LogP contribution in [0.15, 0.2) is 17.0 Å². The molecule has 1 heterocycles. The van der Waals surface area contributed by atoms with E-state index in [0.717, 1.165) is 12.1 Å². The molecule has 0 spiro atoms. The Bertz CT molecular complexity index is 557. The van der Waals surface area contributed by atoms with E-state index in [2.05, 4.69) is 5.32 Å². The summed E-state index contributed by atoms with van der Waals surface area (Å²) in [5.74, 6) is -2.15. The standard InChI is InChI=1S/C11H13F2NO2S/c1-3-14-11-6(2)17(15,16)10-5-9(13)8(12)4-7(10)11/h4-6,11,14H,3H2,1-2H3. The molecule has 0 saturated heterocycles. The zero-order valence-electron chi connectivity index (χ0n) is 9.50. The van der Waals surface area contributed by atoms with Crippen molar-refractivity contribution in [2.75, 3.05) is 6.54 Å². The first-order valence-electron chi connectivity index (χ1n) is 5.35. The molecular formula is C11H13F2NO2S. The van der Waals surface area contributed by atoms with Crippen LogP contribution in [0, 0.1) is 11.6 Å². The normalized spacial score (nSPS) is 25.9. The van der Waals surface area contributed by atoms with Crippen molar-refractivity contribution in [1.82, 2.24) is 5.32 Å². The molecule has 0 aromatic heterocycles. The molecule has 1 aliphatic heterocycles. The molecule has 94 valence electrons. The number of sulfone groups is 1. The topological polar surface area (TPSA) is 46.2 Å². The highest BCUT2D eigenvalue weighted by molar-refractivity contribution is 7.92. The molecule has 2 rings (SSSR count). The molecule has 1 N–H and O–H groups in total. The number of rotatable bonds is 2. The smallest absolute Gasteiger partial charge is 0.183 e. The first-order valence-corrected chi connectivity index (χ1v) is 6.90. The first kappa shape index (κ1) is 12.4. The number of fused-ring (bicyclic) bond motifs is 1. The van der Waals surface area contributed by atoms with E-state index in [9.17, 15) is 17.2 Å². The quantitative estimate of drug-likeness (QED) is 0.826. The Balaban J connectivity index is 2.66. The molecule has 2 unspecified atom stereocenters. The highest BCUT2D eigenvalue weighted by Gasteiger charge is 2.42. The Morgan fingerprint density at radius 3 is 2.47 bits per heavy atom. The van der Waals surface area contributed by atoms with Crippen LogP contribution in [0.1, 0.15) is 25.5 Å². The number of hydrogen-bond donors (Lipinski definition) is 1. The highest BCUT2D eigenvalue weighted by Crippen LogP contribution is 2.39. The SMILES string of the molecule is CCNC1c2cc(F)c(F)cc2S(=O)(=O)C1C. The molecule has 1 aromatic carbocycles. The molecule has 0 saturated carbocycles. The lowest BCUT2D eigenvalue weighted by Crippen LogP contribution is -2.29. The van der Waals surface area contributed by atoms with Crippen molar-refractivity contribution in [1.29, 1.82) is 0 Å². The first-order chi connectivity index (χ1) is 7.89. The Labute approximate surface area is 98.8 Å². The third kappa shape index (κ3) is 1.75. The van der Waals surface area contributed by atoms with Gasteiger partial charge < -0.3 is 5.32 Å². The summed E-state index contributed by atoms with van der Waals surface area (Å²) in [6.45, 7) is 3.93. The summed E-state index contributed by atoms with van der Waals surface area (Å²) >= 11 is 0. The number of halogens is 2. The van der Waals surface area contributed by atoms with E-state index in [1.54, 1.807) is 6.92 Å². The van der Waals surface area contributed by atoms with Crippen molar-refractivity contribution in [3.05, 3.63) is 29.3 Å². The highest BCUT2D eigenvalue weighted by atomic mass is 32.2. The molecule has 0 bridgehead atoms. The van der Waals surface area contributed by atoms with Crippen LogP contribution in [0.3, 0.4) is 0 Å². The van der Waals surface area contributed by atoms with Gasteiger partial charge in [0.2, 0.25) is 0 Å². The van der Waals surface area contributed by atoms with Crippen molar-refractivity contribution in [3.63, 3.8) is 0 Å². The van der Waals surface area contributed by atoms with Crippen molar-refractivity contribution < 1.29 is 17.2 Å². The minimum Gasteiger partial charge on any atom is -0.309 e. The minimum atomic E-state index is -3.56. The number of benzene rings is 1. The van der Waals surface area contributed by atoms with E-state index in [0.29, 0.717) is 12.1 Å². The molecule has 0 aliphatic carbocycles. The van der Waals surface area contributed by atoms with Crippen molar-refractivity contribution in [2.45, 2.75) is 30.0 Å². The monoisotopic (exact) mass is 261 g/mol. The Kier molecular flexibility index (Phi) is 2.95. The summed E-state index contributed by atoms with van der Waals surface area (Å²) in [7, 11) is -3.56.